The number of fused-ring (bicyclic) bond motifs is 1. The zero-order valence-corrected chi connectivity index (χ0v) is 13.8. The van der Waals surface area contributed by atoms with E-state index in [1.807, 2.05) is 30.3 Å². The average molecular weight is 354 g/mol. The Labute approximate surface area is 148 Å². The highest BCUT2D eigenvalue weighted by Crippen LogP contribution is 2.35. The van der Waals surface area contributed by atoms with Crippen LogP contribution >= 0.6 is 11.6 Å². The smallest absolute Gasteiger partial charge is 0.176 e. The molecule has 0 fully saturated rings. The number of aromatic amines is 1. The third-order valence-electron chi connectivity index (χ3n) is 3.81. The molecule has 1 N–H and O–H groups in total. The van der Waals surface area contributed by atoms with E-state index < -0.39 is 5.82 Å². The lowest BCUT2D eigenvalue weighted by atomic mass is 10.1. The van der Waals surface area contributed by atoms with E-state index in [-0.39, 0.29) is 17.4 Å². The number of hydrogen-bond donors (Lipinski definition) is 1. The standard InChI is InChI=1S/C19H13ClFN3O/c20-14-7-6-13(16-10-23-19-15(24-16)8-9-22-19)17(21)18(14)25-11-12-4-2-1-3-5-12/h1-10H,11H2,(H,22,23). The zero-order chi connectivity index (χ0) is 17.2. The van der Waals surface area contributed by atoms with Crippen LogP contribution in [-0.4, -0.2) is 15.0 Å². The van der Waals surface area contributed by atoms with E-state index in [0.29, 0.717) is 22.4 Å². The zero-order valence-electron chi connectivity index (χ0n) is 13.0. The second-order valence-electron chi connectivity index (χ2n) is 5.48. The van der Waals surface area contributed by atoms with Crippen LogP contribution < -0.4 is 4.74 Å². The number of ether oxygens (including phenoxy) is 1. The molecule has 0 saturated heterocycles. The Bertz CT molecular complexity index is 1030. The Morgan fingerprint density at radius 2 is 1.92 bits per heavy atom. The van der Waals surface area contributed by atoms with Crippen LogP contribution in [0, 0.1) is 5.82 Å². The van der Waals surface area contributed by atoms with Crippen LogP contribution in [0.5, 0.6) is 5.75 Å². The van der Waals surface area contributed by atoms with Crippen molar-refractivity contribution in [2.75, 3.05) is 0 Å². The van der Waals surface area contributed by atoms with Crippen molar-refractivity contribution in [3.8, 4) is 17.0 Å². The number of hydrogen-bond acceptors (Lipinski definition) is 3. The number of rotatable bonds is 4. The molecule has 0 atom stereocenters. The van der Waals surface area contributed by atoms with Gasteiger partial charge in [0.1, 0.15) is 12.1 Å². The van der Waals surface area contributed by atoms with Crippen LogP contribution in [-0.2, 0) is 6.61 Å². The van der Waals surface area contributed by atoms with Crippen LogP contribution in [0.2, 0.25) is 5.02 Å². The maximum Gasteiger partial charge on any atom is 0.176 e. The molecule has 2 aromatic heterocycles. The fraction of sp³-hybridized carbons (Fsp3) is 0.0526. The average Bonchev–Trinajstić information content (AvgIpc) is 3.10. The summed E-state index contributed by atoms with van der Waals surface area (Å²) < 4.78 is 20.6. The van der Waals surface area contributed by atoms with Gasteiger partial charge < -0.3 is 9.72 Å². The maximum absolute atomic E-state index is 15.0. The molecule has 0 amide bonds. The summed E-state index contributed by atoms with van der Waals surface area (Å²) in [5.74, 6) is -0.536. The molecule has 4 nitrogen and oxygen atoms in total. The molecule has 2 aromatic carbocycles. The lowest BCUT2D eigenvalue weighted by Gasteiger charge is -2.12. The van der Waals surface area contributed by atoms with Crippen molar-refractivity contribution in [3.05, 3.63) is 77.3 Å². The number of nitrogens with zero attached hydrogens (tertiary/aromatic N) is 2. The molecule has 6 heteroatoms. The molecule has 2 heterocycles. The first-order chi connectivity index (χ1) is 12.2. The fourth-order valence-corrected chi connectivity index (χ4v) is 2.75. The largest absolute Gasteiger partial charge is 0.484 e. The number of H-pyrrole nitrogens is 1. The van der Waals surface area contributed by atoms with E-state index in [1.165, 1.54) is 6.20 Å². The highest BCUT2D eigenvalue weighted by Gasteiger charge is 2.17. The lowest BCUT2D eigenvalue weighted by molar-refractivity contribution is 0.291. The monoisotopic (exact) mass is 353 g/mol. The third kappa shape index (κ3) is 3.06. The summed E-state index contributed by atoms with van der Waals surface area (Å²) in [4.78, 5) is 11.6. The number of benzene rings is 2. The second kappa shape index (κ2) is 6.53. The molecule has 0 saturated carbocycles. The van der Waals surface area contributed by atoms with E-state index in [4.69, 9.17) is 16.3 Å². The van der Waals surface area contributed by atoms with Gasteiger partial charge in [-0.2, -0.15) is 0 Å². The van der Waals surface area contributed by atoms with Gasteiger partial charge in [0.2, 0.25) is 0 Å². The predicted molar refractivity (Wildman–Crippen MR) is 95.1 cm³/mol. The first-order valence-electron chi connectivity index (χ1n) is 7.67. The molecule has 124 valence electrons. The molecule has 0 aliphatic rings. The first-order valence-corrected chi connectivity index (χ1v) is 8.05. The van der Waals surface area contributed by atoms with Crippen LogP contribution in [0.3, 0.4) is 0 Å². The van der Waals surface area contributed by atoms with Gasteiger partial charge in [-0.15, -0.1) is 0 Å². The van der Waals surface area contributed by atoms with Gasteiger partial charge in [-0.25, -0.2) is 14.4 Å². The Morgan fingerprint density at radius 1 is 1.08 bits per heavy atom. The van der Waals surface area contributed by atoms with Gasteiger partial charge in [0.15, 0.2) is 17.2 Å². The Balaban J connectivity index is 1.69. The van der Waals surface area contributed by atoms with E-state index in [1.54, 1.807) is 24.4 Å². The first kappa shape index (κ1) is 15.6. The van der Waals surface area contributed by atoms with E-state index in [2.05, 4.69) is 15.0 Å². The van der Waals surface area contributed by atoms with Crippen LogP contribution in [0.4, 0.5) is 4.39 Å². The molecular weight excluding hydrogens is 341 g/mol. The van der Waals surface area contributed by atoms with Crippen molar-refractivity contribution in [1.82, 2.24) is 15.0 Å². The number of aromatic nitrogens is 3. The van der Waals surface area contributed by atoms with Crippen molar-refractivity contribution in [2.45, 2.75) is 6.61 Å². The SMILES string of the molecule is Fc1c(-c2cnc3[nH]ccc3n2)ccc(Cl)c1OCc1ccccc1. The Kier molecular flexibility index (Phi) is 4.07. The summed E-state index contributed by atoms with van der Waals surface area (Å²) in [6, 6.07) is 14.5. The summed E-state index contributed by atoms with van der Waals surface area (Å²) in [6.07, 6.45) is 3.26. The van der Waals surface area contributed by atoms with Crippen molar-refractivity contribution >= 4 is 22.8 Å². The molecule has 0 radical (unpaired) electrons. The van der Waals surface area contributed by atoms with Crippen LogP contribution in [0.25, 0.3) is 22.4 Å². The highest BCUT2D eigenvalue weighted by molar-refractivity contribution is 6.32. The maximum atomic E-state index is 15.0. The van der Waals surface area contributed by atoms with Gasteiger partial charge in [-0.05, 0) is 23.8 Å². The van der Waals surface area contributed by atoms with Crippen LogP contribution in [0.1, 0.15) is 5.56 Å². The summed E-state index contributed by atoms with van der Waals surface area (Å²) in [5.41, 5.74) is 2.96. The van der Waals surface area contributed by atoms with Gasteiger partial charge >= 0.3 is 0 Å². The highest BCUT2D eigenvalue weighted by atomic mass is 35.5. The minimum atomic E-state index is -0.549. The summed E-state index contributed by atoms with van der Waals surface area (Å²) >= 11 is 6.13. The van der Waals surface area contributed by atoms with E-state index in [0.717, 1.165) is 5.56 Å². The topological polar surface area (TPSA) is 50.8 Å². The summed E-state index contributed by atoms with van der Waals surface area (Å²) in [6.45, 7) is 0.226. The van der Waals surface area contributed by atoms with Crippen molar-refractivity contribution < 1.29 is 9.13 Å². The van der Waals surface area contributed by atoms with Crippen LogP contribution in [0.15, 0.2) is 60.9 Å². The minimum absolute atomic E-state index is 0.0129. The quantitative estimate of drug-likeness (QED) is 0.562. The normalized spacial score (nSPS) is 11.0. The van der Waals surface area contributed by atoms with Crippen molar-refractivity contribution in [1.29, 1.82) is 0 Å². The van der Waals surface area contributed by atoms with Gasteiger partial charge in [0, 0.05) is 11.8 Å². The molecule has 4 aromatic rings. The summed E-state index contributed by atoms with van der Waals surface area (Å²) in [7, 11) is 0. The number of halogens is 2. The molecule has 0 aliphatic carbocycles. The van der Waals surface area contributed by atoms with E-state index in [9.17, 15) is 4.39 Å². The van der Waals surface area contributed by atoms with Gasteiger partial charge in [0.25, 0.3) is 0 Å². The molecule has 0 bridgehead atoms. The molecule has 0 aliphatic heterocycles. The molecule has 25 heavy (non-hydrogen) atoms. The summed E-state index contributed by atoms with van der Waals surface area (Å²) in [5, 5.41) is 0.216. The predicted octanol–water partition coefficient (Wildman–Crippen LogP) is 5.00. The Hall–Kier alpha value is -2.92. The second-order valence-corrected chi connectivity index (χ2v) is 5.89. The van der Waals surface area contributed by atoms with Crippen molar-refractivity contribution in [2.24, 2.45) is 0 Å². The molecular formula is C19H13ClFN3O. The van der Waals surface area contributed by atoms with Gasteiger partial charge in [-0.1, -0.05) is 41.9 Å². The minimum Gasteiger partial charge on any atom is -0.484 e. The molecule has 4 rings (SSSR count). The van der Waals surface area contributed by atoms with Gasteiger partial charge in [0.05, 0.1) is 16.9 Å². The van der Waals surface area contributed by atoms with Crippen molar-refractivity contribution in [3.63, 3.8) is 0 Å². The number of nitrogens with one attached hydrogen (secondary N) is 1. The molecule has 0 spiro atoms. The van der Waals surface area contributed by atoms with Gasteiger partial charge in [-0.3, -0.25) is 0 Å². The third-order valence-corrected chi connectivity index (χ3v) is 4.11. The fourth-order valence-electron chi connectivity index (χ4n) is 2.55. The molecule has 0 unspecified atom stereocenters. The Morgan fingerprint density at radius 3 is 2.76 bits per heavy atom. The van der Waals surface area contributed by atoms with E-state index >= 15 is 0 Å². The lowest BCUT2D eigenvalue weighted by Crippen LogP contribution is -2.00.